The van der Waals surface area contributed by atoms with E-state index in [1.807, 2.05) is 11.3 Å². The van der Waals surface area contributed by atoms with Gasteiger partial charge in [0.05, 0.1) is 16.1 Å². The second kappa shape index (κ2) is 9.43. The van der Waals surface area contributed by atoms with Crippen molar-refractivity contribution < 1.29 is 4.42 Å². The van der Waals surface area contributed by atoms with E-state index in [2.05, 4.69) is 157 Å². The molecule has 0 spiro atoms. The molecule has 0 atom stereocenters. The third-order valence-corrected chi connectivity index (χ3v) is 10.4. The molecule has 10 rings (SSSR count). The van der Waals surface area contributed by atoms with Crippen LogP contribution in [0.15, 0.2) is 156 Å². The first kappa shape index (κ1) is 24.8. The molecule has 8 aromatic carbocycles. The normalized spacial score (nSPS) is 12.0. The van der Waals surface area contributed by atoms with Crippen molar-refractivity contribution in [2.75, 3.05) is 4.90 Å². The molecule has 0 bridgehead atoms. The highest BCUT2D eigenvalue weighted by Crippen LogP contribution is 2.48. The van der Waals surface area contributed by atoms with E-state index >= 15 is 0 Å². The van der Waals surface area contributed by atoms with Crippen LogP contribution < -0.4 is 4.90 Å². The van der Waals surface area contributed by atoms with Gasteiger partial charge in [-0.05, 0) is 74.8 Å². The largest absolute Gasteiger partial charge is 0.454 e. The Kier molecular flexibility index (Phi) is 5.19. The van der Waals surface area contributed by atoms with E-state index in [1.165, 1.54) is 52.5 Å². The van der Waals surface area contributed by atoms with Crippen molar-refractivity contribution in [1.29, 1.82) is 0 Å². The Labute approximate surface area is 263 Å². The lowest BCUT2D eigenvalue weighted by atomic mass is 9.93. The van der Waals surface area contributed by atoms with Gasteiger partial charge in [-0.15, -0.1) is 11.3 Å². The van der Waals surface area contributed by atoms with Crippen molar-refractivity contribution in [2.45, 2.75) is 0 Å². The van der Waals surface area contributed by atoms with Gasteiger partial charge < -0.3 is 9.32 Å². The van der Waals surface area contributed by atoms with Crippen molar-refractivity contribution >= 4 is 103 Å². The smallest absolute Gasteiger partial charge is 0.159 e. The van der Waals surface area contributed by atoms with E-state index in [9.17, 15) is 0 Å². The van der Waals surface area contributed by atoms with Gasteiger partial charge in [0, 0.05) is 31.9 Å². The van der Waals surface area contributed by atoms with Crippen LogP contribution in [0.1, 0.15) is 0 Å². The SMILES string of the molecule is c1ccc(N(c2cccc3c2oc2cc4c5ccccc5c5ccccc5c4cc23)c2cccc3c2sc2ccccc23)cc1. The van der Waals surface area contributed by atoms with Crippen LogP contribution in [0.4, 0.5) is 17.1 Å². The Morgan fingerprint density at radius 3 is 1.69 bits per heavy atom. The first-order chi connectivity index (χ1) is 22.3. The van der Waals surface area contributed by atoms with Crippen molar-refractivity contribution in [3.63, 3.8) is 0 Å². The third kappa shape index (κ3) is 3.56. The molecular formula is C42H25NOS. The lowest BCUT2D eigenvalue weighted by Crippen LogP contribution is -2.10. The average Bonchev–Trinajstić information content (AvgIpc) is 3.67. The lowest BCUT2D eigenvalue weighted by molar-refractivity contribution is 0.669. The summed E-state index contributed by atoms with van der Waals surface area (Å²) in [7, 11) is 0. The Morgan fingerprint density at radius 1 is 0.400 bits per heavy atom. The Hall–Kier alpha value is -5.64. The summed E-state index contributed by atoms with van der Waals surface area (Å²) >= 11 is 1.85. The number of rotatable bonds is 3. The number of hydrogen-bond donors (Lipinski definition) is 0. The highest BCUT2D eigenvalue weighted by Gasteiger charge is 2.22. The fraction of sp³-hybridized carbons (Fsp3) is 0. The number of benzene rings is 8. The van der Waals surface area contributed by atoms with Crippen LogP contribution >= 0.6 is 11.3 Å². The molecule has 0 aliphatic heterocycles. The van der Waals surface area contributed by atoms with Crippen molar-refractivity contribution in [1.82, 2.24) is 0 Å². The van der Waals surface area contributed by atoms with Crippen LogP contribution in [-0.2, 0) is 0 Å². The molecule has 0 N–H and O–H groups in total. The maximum absolute atomic E-state index is 6.91. The second-order valence-corrected chi connectivity index (χ2v) is 12.7. The van der Waals surface area contributed by atoms with E-state index < -0.39 is 0 Å². The average molecular weight is 592 g/mol. The number of nitrogens with zero attached hydrogens (tertiary/aromatic N) is 1. The molecule has 0 unspecified atom stereocenters. The fourth-order valence-corrected chi connectivity index (χ4v) is 8.46. The molecule has 0 radical (unpaired) electrons. The molecule has 2 aromatic heterocycles. The van der Waals surface area contributed by atoms with E-state index in [4.69, 9.17) is 4.42 Å². The maximum atomic E-state index is 6.91. The standard InChI is InChI=1S/C42H25NOS/c1-2-12-26(13-3-1)43(38-22-11-20-33-31-18-8-9-23-40(31)45-42(33)38)37-21-10-19-32-36-24-34-29-16-6-4-14-27(29)28-15-5-7-17-30(28)35(34)25-39(36)44-41(32)37/h1-25H. The minimum atomic E-state index is 0.887. The number of anilines is 3. The monoisotopic (exact) mass is 591 g/mol. The van der Waals surface area contributed by atoms with Gasteiger partial charge in [-0.2, -0.15) is 0 Å². The summed E-state index contributed by atoms with van der Waals surface area (Å²) in [5.41, 5.74) is 5.06. The van der Waals surface area contributed by atoms with Crippen LogP contribution in [0.3, 0.4) is 0 Å². The molecule has 0 saturated carbocycles. The van der Waals surface area contributed by atoms with Crippen molar-refractivity contribution in [3.05, 3.63) is 152 Å². The van der Waals surface area contributed by atoms with Gasteiger partial charge in [-0.25, -0.2) is 0 Å². The summed E-state index contributed by atoms with van der Waals surface area (Å²) in [6, 6.07) is 54.6. The number of furan rings is 1. The third-order valence-electron chi connectivity index (χ3n) is 9.22. The molecule has 0 amide bonds. The maximum Gasteiger partial charge on any atom is 0.159 e. The van der Waals surface area contributed by atoms with Gasteiger partial charge in [0.15, 0.2) is 5.58 Å². The molecule has 2 nitrogen and oxygen atoms in total. The molecule has 0 fully saturated rings. The van der Waals surface area contributed by atoms with E-state index in [0.717, 1.165) is 39.0 Å². The molecule has 210 valence electrons. The molecule has 0 aliphatic carbocycles. The summed E-state index contributed by atoms with van der Waals surface area (Å²) in [4.78, 5) is 2.37. The van der Waals surface area contributed by atoms with Gasteiger partial charge in [-0.1, -0.05) is 109 Å². The molecule has 3 heteroatoms. The van der Waals surface area contributed by atoms with Crippen LogP contribution in [0, 0.1) is 0 Å². The zero-order valence-electron chi connectivity index (χ0n) is 24.2. The van der Waals surface area contributed by atoms with Gasteiger partial charge >= 0.3 is 0 Å². The van der Waals surface area contributed by atoms with Crippen LogP contribution in [0.25, 0.3) is 74.4 Å². The zero-order chi connectivity index (χ0) is 29.5. The predicted octanol–water partition coefficient (Wildman–Crippen LogP) is 12.9. The summed E-state index contributed by atoms with van der Waals surface area (Å²) in [6.07, 6.45) is 0. The molecule has 0 aliphatic rings. The Morgan fingerprint density at radius 2 is 0.956 bits per heavy atom. The van der Waals surface area contributed by atoms with Gasteiger partial charge in [-0.3, -0.25) is 0 Å². The fourth-order valence-electron chi connectivity index (χ4n) is 7.25. The van der Waals surface area contributed by atoms with Gasteiger partial charge in [0.2, 0.25) is 0 Å². The van der Waals surface area contributed by atoms with E-state index in [0.29, 0.717) is 0 Å². The van der Waals surface area contributed by atoms with Crippen molar-refractivity contribution in [3.8, 4) is 0 Å². The summed E-state index contributed by atoms with van der Waals surface area (Å²) in [6.45, 7) is 0. The molecule has 10 aromatic rings. The van der Waals surface area contributed by atoms with Gasteiger partial charge in [0.1, 0.15) is 5.58 Å². The minimum Gasteiger partial charge on any atom is -0.454 e. The van der Waals surface area contributed by atoms with E-state index in [-0.39, 0.29) is 0 Å². The summed E-state index contributed by atoms with van der Waals surface area (Å²) in [5.74, 6) is 0. The number of para-hydroxylation sites is 2. The molecule has 2 heterocycles. The first-order valence-corrected chi connectivity index (χ1v) is 16.1. The summed E-state index contributed by atoms with van der Waals surface area (Å²) in [5, 5.41) is 12.3. The Balaban J connectivity index is 1.30. The van der Waals surface area contributed by atoms with Crippen molar-refractivity contribution in [2.24, 2.45) is 0 Å². The summed E-state index contributed by atoms with van der Waals surface area (Å²) < 4.78 is 9.47. The van der Waals surface area contributed by atoms with Crippen LogP contribution in [-0.4, -0.2) is 0 Å². The zero-order valence-corrected chi connectivity index (χ0v) is 25.0. The lowest BCUT2D eigenvalue weighted by Gasteiger charge is -2.26. The van der Waals surface area contributed by atoms with Crippen LogP contribution in [0.2, 0.25) is 0 Å². The minimum absolute atomic E-state index is 0.887. The predicted molar refractivity (Wildman–Crippen MR) is 194 cm³/mol. The second-order valence-electron chi connectivity index (χ2n) is 11.7. The quantitative estimate of drug-likeness (QED) is 0.190. The topological polar surface area (TPSA) is 16.4 Å². The van der Waals surface area contributed by atoms with Gasteiger partial charge in [0.25, 0.3) is 0 Å². The first-order valence-electron chi connectivity index (χ1n) is 15.3. The Bertz CT molecular complexity index is 2770. The molecule has 0 saturated heterocycles. The number of thiophene rings is 1. The molecular weight excluding hydrogens is 567 g/mol. The molecule has 45 heavy (non-hydrogen) atoms. The van der Waals surface area contributed by atoms with E-state index in [1.54, 1.807) is 0 Å². The highest BCUT2D eigenvalue weighted by atomic mass is 32.1. The number of hydrogen-bond acceptors (Lipinski definition) is 3. The van der Waals surface area contributed by atoms with Crippen LogP contribution in [0.5, 0.6) is 0 Å². The number of fused-ring (bicyclic) bond motifs is 12. The highest BCUT2D eigenvalue weighted by molar-refractivity contribution is 7.26.